The molecule has 1 saturated heterocycles. The Kier molecular flexibility index (Phi) is 5.43. The molecule has 3 heteroatoms. The summed E-state index contributed by atoms with van der Waals surface area (Å²) in [6.07, 6.45) is 0. The van der Waals surface area contributed by atoms with Gasteiger partial charge in [0.05, 0.1) is 0 Å². The summed E-state index contributed by atoms with van der Waals surface area (Å²) in [5.74, 6) is 1.38. The maximum absolute atomic E-state index is 12.6. The number of piperazine rings is 1. The quantitative estimate of drug-likeness (QED) is 0.786. The fourth-order valence-electron chi connectivity index (χ4n) is 3.15. The Morgan fingerprint density at radius 3 is 1.63 bits per heavy atom. The van der Waals surface area contributed by atoms with Crippen molar-refractivity contribution in [3.63, 3.8) is 0 Å². The van der Waals surface area contributed by atoms with Crippen LogP contribution in [0.1, 0.15) is 48.5 Å². The van der Waals surface area contributed by atoms with Crippen LogP contribution in [-0.4, -0.2) is 47.4 Å². The van der Waals surface area contributed by atoms with Crippen molar-refractivity contribution in [2.24, 2.45) is 17.8 Å². The summed E-state index contributed by atoms with van der Waals surface area (Å²) in [4.78, 5) is 17.2. The van der Waals surface area contributed by atoms with Gasteiger partial charge >= 0.3 is 0 Å². The molecule has 0 aromatic rings. The lowest BCUT2D eigenvalue weighted by Crippen LogP contribution is -2.56. The van der Waals surface area contributed by atoms with Gasteiger partial charge in [-0.25, -0.2) is 0 Å². The molecular formula is C16H32N2O. The molecule has 1 amide bonds. The molecule has 0 unspecified atom stereocenters. The zero-order chi connectivity index (χ0) is 14.8. The van der Waals surface area contributed by atoms with Gasteiger partial charge in [0, 0.05) is 37.6 Å². The third-order valence-corrected chi connectivity index (χ3v) is 4.26. The molecule has 0 N–H and O–H groups in total. The molecule has 1 aliphatic rings. The number of hydrogen-bond acceptors (Lipinski definition) is 2. The minimum Gasteiger partial charge on any atom is -0.340 e. The molecule has 0 aromatic carbocycles. The van der Waals surface area contributed by atoms with E-state index in [0.29, 0.717) is 17.7 Å². The number of rotatable bonds is 3. The lowest BCUT2D eigenvalue weighted by atomic mass is 9.84. The molecule has 0 atom stereocenters. The molecule has 0 radical (unpaired) electrons. The van der Waals surface area contributed by atoms with Crippen LogP contribution >= 0.6 is 0 Å². The van der Waals surface area contributed by atoms with Crippen molar-refractivity contribution in [1.29, 1.82) is 0 Å². The SMILES string of the molecule is CC(C)C(C(=O)N1CCN(C(C)(C)C)CC1)C(C)C. The summed E-state index contributed by atoms with van der Waals surface area (Å²) in [5.41, 5.74) is 0.213. The van der Waals surface area contributed by atoms with Gasteiger partial charge in [-0.1, -0.05) is 27.7 Å². The number of carbonyl (C=O) groups excluding carboxylic acids is 1. The monoisotopic (exact) mass is 268 g/mol. The summed E-state index contributed by atoms with van der Waals surface area (Å²) in [7, 11) is 0. The molecule has 3 nitrogen and oxygen atoms in total. The van der Waals surface area contributed by atoms with E-state index in [1.165, 1.54) is 0 Å². The van der Waals surface area contributed by atoms with Crippen LogP contribution in [0.4, 0.5) is 0 Å². The zero-order valence-corrected chi connectivity index (χ0v) is 13.9. The highest BCUT2D eigenvalue weighted by molar-refractivity contribution is 5.79. The zero-order valence-electron chi connectivity index (χ0n) is 13.9. The first-order valence-electron chi connectivity index (χ1n) is 7.68. The molecule has 0 aromatic heterocycles. The maximum atomic E-state index is 12.6. The third kappa shape index (κ3) is 4.20. The predicted octanol–water partition coefficient (Wildman–Crippen LogP) is 2.86. The number of amides is 1. The first kappa shape index (κ1) is 16.5. The van der Waals surface area contributed by atoms with Gasteiger partial charge in [-0.3, -0.25) is 9.69 Å². The molecule has 1 aliphatic heterocycles. The Morgan fingerprint density at radius 1 is 0.895 bits per heavy atom. The standard InChI is InChI=1S/C16H32N2O/c1-12(2)14(13(3)4)15(19)17-8-10-18(11-9-17)16(5,6)7/h12-14H,8-11H2,1-7H3. The molecule has 0 spiro atoms. The second-order valence-corrected chi connectivity index (χ2v) is 7.50. The van der Waals surface area contributed by atoms with E-state index in [1.54, 1.807) is 0 Å². The van der Waals surface area contributed by atoms with Gasteiger partial charge in [0.25, 0.3) is 0 Å². The topological polar surface area (TPSA) is 23.6 Å². The van der Waals surface area contributed by atoms with Crippen molar-refractivity contribution in [3.05, 3.63) is 0 Å². The highest BCUT2D eigenvalue weighted by Gasteiger charge is 2.33. The lowest BCUT2D eigenvalue weighted by molar-refractivity contribution is -0.141. The van der Waals surface area contributed by atoms with E-state index < -0.39 is 0 Å². The second-order valence-electron chi connectivity index (χ2n) is 7.50. The van der Waals surface area contributed by atoms with Gasteiger partial charge in [-0.2, -0.15) is 0 Å². The van der Waals surface area contributed by atoms with Crippen molar-refractivity contribution < 1.29 is 4.79 Å². The Morgan fingerprint density at radius 2 is 1.32 bits per heavy atom. The van der Waals surface area contributed by atoms with Crippen LogP contribution in [0.15, 0.2) is 0 Å². The largest absolute Gasteiger partial charge is 0.340 e. The van der Waals surface area contributed by atoms with Crippen LogP contribution in [0, 0.1) is 17.8 Å². The second kappa shape index (κ2) is 6.25. The number of nitrogens with zero attached hydrogens (tertiary/aromatic N) is 2. The first-order chi connectivity index (χ1) is 8.64. The van der Waals surface area contributed by atoms with Gasteiger partial charge < -0.3 is 4.90 Å². The Bertz CT molecular complexity index is 288. The van der Waals surface area contributed by atoms with E-state index in [-0.39, 0.29) is 11.5 Å². The normalized spacial score (nSPS) is 18.7. The van der Waals surface area contributed by atoms with Crippen LogP contribution in [0.3, 0.4) is 0 Å². The molecule has 0 saturated carbocycles. The van der Waals surface area contributed by atoms with Crippen LogP contribution < -0.4 is 0 Å². The lowest BCUT2D eigenvalue weighted by Gasteiger charge is -2.43. The fourth-order valence-corrected chi connectivity index (χ4v) is 3.15. The summed E-state index contributed by atoms with van der Waals surface area (Å²) in [6.45, 7) is 19.1. The van der Waals surface area contributed by atoms with Gasteiger partial charge in [-0.15, -0.1) is 0 Å². The van der Waals surface area contributed by atoms with E-state index in [4.69, 9.17) is 0 Å². The molecular weight excluding hydrogens is 236 g/mol. The molecule has 19 heavy (non-hydrogen) atoms. The van der Waals surface area contributed by atoms with Crippen molar-refractivity contribution in [3.8, 4) is 0 Å². The van der Waals surface area contributed by atoms with E-state index in [9.17, 15) is 4.79 Å². The third-order valence-electron chi connectivity index (χ3n) is 4.26. The van der Waals surface area contributed by atoms with Crippen LogP contribution in [0.2, 0.25) is 0 Å². The van der Waals surface area contributed by atoms with Gasteiger partial charge in [0.1, 0.15) is 0 Å². The first-order valence-corrected chi connectivity index (χ1v) is 7.68. The average Bonchev–Trinajstić information content (AvgIpc) is 2.27. The number of hydrogen-bond donors (Lipinski definition) is 0. The highest BCUT2D eigenvalue weighted by atomic mass is 16.2. The van der Waals surface area contributed by atoms with Crippen LogP contribution in [0.5, 0.6) is 0 Å². The van der Waals surface area contributed by atoms with Crippen molar-refractivity contribution in [2.75, 3.05) is 26.2 Å². The van der Waals surface area contributed by atoms with E-state index in [1.807, 2.05) is 0 Å². The van der Waals surface area contributed by atoms with E-state index in [0.717, 1.165) is 26.2 Å². The molecule has 1 fully saturated rings. The predicted molar refractivity (Wildman–Crippen MR) is 81.1 cm³/mol. The Balaban J connectivity index is 2.62. The minimum atomic E-state index is 0.168. The Labute approximate surface area is 119 Å². The van der Waals surface area contributed by atoms with Crippen molar-refractivity contribution in [1.82, 2.24) is 9.80 Å². The Hall–Kier alpha value is -0.570. The van der Waals surface area contributed by atoms with Gasteiger partial charge in [0.2, 0.25) is 5.91 Å². The minimum absolute atomic E-state index is 0.168. The van der Waals surface area contributed by atoms with Crippen molar-refractivity contribution >= 4 is 5.91 Å². The molecule has 1 rings (SSSR count). The highest BCUT2D eigenvalue weighted by Crippen LogP contribution is 2.24. The molecule has 0 bridgehead atoms. The van der Waals surface area contributed by atoms with Crippen LogP contribution in [0.25, 0.3) is 0 Å². The van der Waals surface area contributed by atoms with Crippen molar-refractivity contribution in [2.45, 2.75) is 54.0 Å². The molecule has 112 valence electrons. The fraction of sp³-hybridized carbons (Fsp3) is 0.938. The smallest absolute Gasteiger partial charge is 0.226 e. The van der Waals surface area contributed by atoms with Crippen LogP contribution in [-0.2, 0) is 4.79 Å². The summed E-state index contributed by atoms with van der Waals surface area (Å²) < 4.78 is 0. The summed E-state index contributed by atoms with van der Waals surface area (Å²) in [6, 6.07) is 0. The molecule has 1 heterocycles. The summed E-state index contributed by atoms with van der Waals surface area (Å²) in [5, 5.41) is 0. The van der Waals surface area contributed by atoms with Gasteiger partial charge in [0.15, 0.2) is 0 Å². The van der Waals surface area contributed by atoms with E-state index in [2.05, 4.69) is 58.3 Å². The maximum Gasteiger partial charge on any atom is 0.226 e. The van der Waals surface area contributed by atoms with E-state index >= 15 is 0 Å². The summed E-state index contributed by atoms with van der Waals surface area (Å²) >= 11 is 0. The molecule has 0 aliphatic carbocycles. The average molecular weight is 268 g/mol. The van der Waals surface area contributed by atoms with Gasteiger partial charge in [-0.05, 0) is 32.6 Å². The number of carbonyl (C=O) groups is 1.